The van der Waals surface area contributed by atoms with E-state index in [0.29, 0.717) is 12.2 Å². The van der Waals surface area contributed by atoms with Crippen LogP contribution in [0.4, 0.5) is 0 Å². The lowest BCUT2D eigenvalue weighted by molar-refractivity contribution is 0.0722. The number of aromatic nitrogens is 2. The molecule has 0 unspecified atom stereocenters. The molecule has 1 fully saturated rings. The Kier molecular flexibility index (Phi) is 4.35. The van der Waals surface area contributed by atoms with Crippen molar-refractivity contribution in [2.75, 3.05) is 0 Å². The second-order valence-electron chi connectivity index (χ2n) is 6.45. The van der Waals surface area contributed by atoms with Gasteiger partial charge in [-0.15, -0.1) is 0 Å². The van der Waals surface area contributed by atoms with Crippen molar-refractivity contribution < 1.29 is 4.79 Å². The molecule has 0 aliphatic heterocycles. The molecule has 130 valence electrons. The Morgan fingerprint density at radius 1 is 0.962 bits per heavy atom. The number of hydrogen-bond acceptors (Lipinski definition) is 3. The van der Waals surface area contributed by atoms with Crippen molar-refractivity contribution >= 4 is 5.91 Å². The predicted octanol–water partition coefficient (Wildman–Crippen LogP) is 3.04. The van der Waals surface area contributed by atoms with Gasteiger partial charge in [0.15, 0.2) is 0 Å². The first-order valence-electron chi connectivity index (χ1n) is 8.73. The molecular weight excluding hydrogens is 326 g/mol. The van der Waals surface area contributed by atoms with Crippen LogP contribution < -0.4 is 5.56 Å². The largest absolute Gasteiger partial charge is 0.330 e. The third-order valence-electron chi connectivity index (χ3n) is 4.46. The van der Waals surface area contributed by atoms with E-state index >= 15 is 0 Å². The lowest BCUT2D eigenvalue weighted by Gasteiger charge is -2.22. The first kappa shape index (κ1) is 16.3. The Morgan fingerprint density at radius 3 is 2.27 bits per heavy atom. The summed E-state index contributed by atoms with van der Waals surface area (Å²) in [4.78, 5) is 27.1. The Morgan fingerprint density at radius 2 is 1.62 bits per heavy atom. The molecule has 0 saturated heterocycles. The quantitative estimate of drug-likeness (QED) is 0.714. The van der Waals surface area contributed by atoms with Gasteiger partial charge in [-0.3, -0.25) is 9.59 Å². The molecule has 1 aliphatic carbocycles. The summed E-state index contributed by atoms with van der Waals surface area (Å²) in [5.41, 5.74) is 1.77. The average Bonchev–Trinajstić information content (AvgIpc) is 3.53. The van der Waals surface area contributed by atoms with E-state index in [1.54, 1.807) is 12.1 Å². The molecule has 26 heavy (non-hydrogen) atoms. The lowest BCUT2D eigenvalue weighted by Crippen LogP contribution is -2.35. The van der Waals surface area contributed by atoms with Gasteiger partial charge in [0, 0.05) is 18.7 Å². The number of amides is 1. The minimum atomic E-state index is -0.256. The van der Waals surface area contributed by atoms with Crippen LogP contribution in [0, 0.1) is 0 Å². The molecule has 0 spiro atoms. The van der Waals surface area contributed by atoms with Gasteiger partial charge in [0.2, 0.25) is 0 Å². The Bertz CT molecular complexity index is 963. The number of carbonyl (C=O) groups is 1. The summed E-state index contributed by atoms with van der Waals surface area (Å²) < 4.78 is 1.28. The van der Waals surface area contributed by atoms with Crippen LogP contribution >= 0.6 is 0 Å². The molecule has 1 aromatic heterocycles. The van der Waals surface area contributed by atoms with Gasteiger partial charge in [-0.1, -0.05) is 48.5 Å². The topological polar surface area (TPSA) is 55.2 Å². The second kappa shape index (κ2) is 6.96. The SMILES string of the molecule is O=C(c1ccc(=O)n(-c2ccccc2)n1)N(Cc1ccccc1)C1CC1. The van der Waals surface area contributed by atoms with Crippen molar-refractivity contribution in [1.82, 2.24) is 14.7 Å². The zero-order chi connectivity index (χ0) is 17.9. The van der Waals surface area contributed by atoms with E-state index in [0.717, 1.165) is 18.4 Å². The number of rotatable bonds is 5. The minimum Gasteiger partial charge on any atom is -0.330 e. The summed E-state index contributed by atoms with van der Waals surface area (Å²) in [6.45, 7) is 0.552. The number of hydrogen-bond donors (Lipinski definition) is 0. The zero-order valence-corrected chi connectivity index (χ0v) is 14.3. The zero-order valence-electron chi connectivity index (χ0n) is 14.3. The van der Waals surface area contributed by atoms with E-state index in [1.165, 1.54) is 16.8 Å². The van der Waals surface area contributed by atoms with E-state index < -0.39 is 0 Å². The average molecular weight is 345 g/mol. The monoisotopic (exact) mass is 345 g/mol. The fraction of sp³-hybridized carbons (Fsp3) is 0.190. The van der Waals surface area contributed by atoms with Crippen LogP contribution in [0.5, 0.6) is 0 Å². The van der Waals surface area contributed by atoms with Crippen molar-refractivity contribution in [2.24, 2.45) is 0 Å². The van der Waals surface area contributed by atoms with Crippen LogP contribution in [0.1, 0.15) is 28.9 Å². The fourth-order valence-electron chi connectivity index (χ4n) is 2.96. The highest BCUT2D eigenvalue weighted by Crippen LogP contribution is 2.29. The van der Waals surface area contributed by atoms with Crippen molar-refractivity contribution in [3.63, 3.8) is 0 Å². The second-order valence-corrected chi connectivity index (χ2v) is 6.45. The highest BCUT2D eigenvalue weighted by Gasteiger charge is 2.33. The lowest BCUT2D eigenvalue weighted by atomic mass is 10.2. The van der Waals surface area contributed by atoms with Crippen molar-refractivity contribution in [2.45, 2.75) is 25.4 Å². The minimum absolute atomic E-state index is 0.138. The first-order valence-corrected chi connectivity index (χ1v) is 8.73. The summed E-state index contributed by atoms with van der Waals surface area (Å²) in [6, 6.07) is 22.2. The van der Waals surface area contributed by atoms with Gasteiger partial charge in [-0.2, -0.15) is 9.78 Å². The molecule has 1 saturated carbocycles. The highest BCUT2D eigenvalue weighted by molar-refractivity contribution is 5.92. The summed E-state index contributed by atoms with van der Waals surface area (Å²) >= 11 is 0. The van der Waals surface area contributed by atoms with Gasteiger partial charge in [-0.25, -0.2) is 0 Å². The van der Waals surface area contributed by atoms with Crippen LogP contribution in [0.25, 0.3) is 5.69 Å². The summed E-state index contributed by atoms with van der Waals surface area (Å²) in [6.07, 6.45) is 2.02. The molecule has 5 heteroatoms. The van der Waals surface area contributed by atoms with E-state index in [4.69, 9.17) is 0 Å². The van der Waals surface area contributed by atoms with Gasteiger partial charge in [0.1, 0.15) is 5.69 Å². The van der Waals surface area contributed by atoms with Gasteiger partial charge < -0.3 is 4.90 Å². The van der Waals surface area contributed by atoms with Crippen LogP contribution in [0.15, 0.2) is 77.6 Å². The molecule has 1 amide bonds. The Labute approximate surface area is 151 Å². The molecular formula is C21H19N3O2. The van der Waals surface area contributed by atoms with Crippen LogP contribution in [0.2, 0.25) is 0 Å². The van der Waals surface area contributed by atoms with Gasteiger partial charge in [0.25, 0.3) is 11.5 Å². The standard InChI is InChI=1S/C21H19N3O2/c25-20-14-13-19(22-24(20)18-9-5-2-6-10-18)21(26)23(17-11-12-17)15-16-7-3-1-4-8-16/h1-10,13-14,17H,11-12,15H2. The number of para-hydroxylation sites is 1. The highest BCUT2D eigenvalue weighted by atomic mass is 16.2. The molecule has 0 radical (unpaired) electrons. The van der Waals surface area contributed by atoms with Crippen molar-refractivity contribution in [3.05, 3.63) is 94.4 Å². The fourth-order valence-corrected chi connectivity index (χ4v) is 2.96. The molecule has 1 heterocycles. The molecule has 0 N–H and O–H groups in total. The number of nitrogens with zero attached hydrogens (tertiary/aromatic N) is 3. The normalized spacial score (nSPS) is 13.4. The molecule has 4 rings (SSSR count). The van der Waals surface area contributed by atoms with Crippen LogP contribution in [-0.2, 0) is 6.54 Å². The van der Waals surface area contributed by atoms with E-state index in [1.807, 2.05) is 53.4 Å². The van der Waals surface area contributed by atoms with Crippen LogP contribution in [-0.4, -0.2) is 26.6 Å². The number of benzene rings is 2. The van der Waals surface area contributed by atoms with E-state index in [2.05, 4.69) is 5.10 Å². The van der Waals surface area contributed by atoms with Gasteiger partial charge in [0.05, 0.1) is 5.69 Å². The molecule has 0 atom stereocenters. The summed E-state index contributed by atoms with van der Waals surface area (Å²) in [7, 11) is 0. The maximum Gasteiger partial charge on any atom is 0.274 e. The Hall–Kier alpha value is -3.21. The molecule has 5 nitrogen and oxygen atoms in total. The molecule has 1 aliphatic rings. The van der Waals surface area contributed by atoms with E-state index in [-0.39, 0.29) is 23.2 Å². The summed E-state index contributed by atoms with van der Waals surface area (Å²) in [5, 5.41) is 4.33. The Balaban J connectivity index is 1.65. The maximum atomic E-state index is 13.1. The van der Waals surface area contributed by atoms with Crippen LogP contribution in [0.3, 0.4) is 0 Å². The number of carbonyl (C=O) groups excluding carboxylic acids is 1. The third kappa shape index (κ3) is 3.42. The maximum absolute atomic E-state index is 13.1. The van der Waals surface area contributed by atoms with Gasteiger partial charge in [-0.05, 0) is 36.6 Å². The molecule has 0 bridgehead atoms. The van der Waals surface area contributed by atoms with Gasteiger partial charge >= 0.3 is 0 Å². The first-order chi connectivity index (χ1) is 12.7. The van der Waals surface area contributed by atoms with E-state index in [9.17, 15) is 9.59 Å². The smallest absolute Gasteiger partial charge is 0.274 e. The molecule has 3 aromatic rings. The predicted molar refractivity (Wildman–Crippen MR) is 99.2 cm³/mol. The summed E-state index contributed by atoms with van der Waals surface area (Å²) in [5.74, 6) is -0.138. The van der Waals surface area contributed by atoms with Crippen molar-refractivity contribution in [3.8, 4) is 5.69 Å². The third-order valence-corrected chi connectivity index (χ3v) is 4.46. The molecule has 2 aromatic carbocycles. The van der Waals surface area contributed by atoms with Crippen molar-refractivity contribution in [1.29, 1.82) is 0 Å².